The van der Waals surface area contributed by atoms with Crippen LogP contribution in [0.4, 0.5) is 0 Å². The quantitative estimate of drug-likeness (QED) is 0.777. The number of fused-ring (bicyclic) bond motifs is 1. The van der Waals surface area contributed by atoms with Gasteiger partial charge in [0.15, 0.2) is 0 Å². The van der Waals surface area contributed by atoms with Crippen molar-refractivity contribution >= 4 is 11.8 Å². The lowest BCUT2D eigenvalue weighted by Crippen LogP contribution is -2.48. The van der Waals surface area contributed by atoms with Crippen molar-refractivity contribution in [1.29, 1.82) is 0 Å². The molecular weight excluding hydrogens is 252 g/mol. The van der Waals surface area contributed by atoms with Gasteiger partial charge in [-0.25, -0.2) is 0 Å². The van der Waals surface area contributed by atoms with Crippen molar-refractivity contribution < 1.29 is 9.59 Å². The van der Waals surface area contributed by atoms with Crippen LogP contribution in [-0.4, -0.2) is 46.8 Å². The van der Waals surface area contributed by atoms with Gasteiger partial charge in [-0.15, -0.1) is 0 Å². The highest BCUT2D eigenvalue weighted by Gasteiger charge is 2.41. The van der Waals surface area contributed by atoms with Crippen LogP contribution in [0.25, 0.3) is 0 Å². The highest BCUT2D eigenvalue weighted by molar-refractivity contribution is 5.90. The van der Waals surface area contributed by atoms with Gasteiger partial charge in [0, 0.05) is 25.6 Å². The zero-order valence-corrected chi connectivity index (χ0v) is 12.5. The molecule has 4 nitrogen and oxygen atoms in total. The van der Waals surface area contributed by atoms with E-state index in [4.69, 9.17) is 0 Å². The maximum Gasteiger partial charge on any atom is 0.245 e. The summed E-state index contributed by atoms with van der Waals surface area (Å²) in [6.07, 6.45) is 8.40. The molecular formula is C16H26N2O2. The molecule has 1 saturated carbocycles. The third-order valence-electron chi connectivity index (χ3n) is 5.48. The molecule has 3 fully saturated rings. The summed E-state index contributed by atoms with van der Waals surface area (Å²) < 4.78 is 0. The lowest BCUT2D eigenvalue weighted by atomic mass is 9.83. The first kappa shape index (κ1) is 13.9. The van der Waals surface area contributed by atoms with Crippen LogP contribution in [0.1, 0.15) is 58.3 Å². The Morgan fingerprint density at radius 2 is 1.90 bits per heavy atom. The molecule has 1 aliphatic carbocycles. The van der Waals surface area contributed by atoms with Crippen LogP contribution in [-0.2, 0) is 9.59 Å². The third kappa shape index (κ3) is 2.45. The first-order valence-electron chi connectivity index (χ1n) is 8.30. The molecule has 2 amide bonds. The van der Waals surface area contributed by atoms with Crippen molar-refractivity contribution in [2.45, 2.75) is 70.4 Å². The lowest BCUT2D eigenvalue weighted by Gasteiger charge is -2.37. The number of hydrogen-bond acceptors (Lipinski definition) is 2. The Hall–Kier alpha value is -1.06. The fourth-order valence-corrected chi connectivity index (χ4v) is 4.26. The van der Waals surface area contributed by atoms with Gasteiger partial charge in [-0.2, -0.15) is 0 Å². The Bertz CT molecular complexity index is 396. The number of amides is 2. The van der Waals surface area contributed by atoms with Crippen molar-refractivity contribution in [3.05, 3.63) is 0 Å². The van der Waals surface area contributed by atoms with Crippen LogP contribution in [0.2, 0.25) is 0 Å². The highest BCUT2D eigenvalue weighted by Crippen LogP contribution is 2.32. The van der Waals surface area contributed by atoms with E-state index in [0.29, 0.717) is 19.0 Å². The monoisotopic (exact) mass is 278 g/mol. The Balaban J connectivity index is 1.75. The normalized spacial score (nSPS) is 35.1. The molecule has 4 heteroatoms. The second kappa shape index (κ2) is 5.74. The number of hydrogen-bond donors (Lipinski definition) is 0. The largest absolute Gasteiger partial charge is 0.337 e. The van der Waals surface area contributed by atoms with Crippen LogP contribution in [0.5, 0.6) is 0 Å². The van der Waals surface area contributed by atoms with Gasteiger partial charge in [0.25, 0.3) is 0 Å². The van der Waals surface area contributed by atoms with E-state index in [0.717, 1.165) is 38.1 Å². The van der Waals surface area contributed by atoms with E-state index in [1.54, 1.807) is 0 Å². The molecule has 2 saturated heterocycles. The number of nitrogens with zero attached hydrogens (tertiary/aromatic N) is 2. The molecule has 0 bridgehead atoms. The first-order valence-corrected chi connectivity index (χ1v) is 8.30. The third-order valence-corrected chi connectivity index (χ3v) is 5.48. The van der Waals surface area contributed by atoms with Crippen LogP contribution in [0.3, 0.4) is 0 Å². The zero-order chi connectivity index (χ0) is 14.1. The van der Waals surface area contributed by atoms with E-state index in [-0.39, 0.29) is 17.9 Å². The van der Waals surface area contributed by atoms with Gasteiger partial charge < -0.3 is 9.80 Å². The smallest absolute Gasteiger partial charge is 0.245 e. The lowest BCUT2D eigenvalue weighted by molar-refractivity contribution is -0.141. The molecule has 3 atom stereocenters. The van der Waals surface area contributed by atoms with Crippen LogP contribution in [0, 0.1) is 5.92 Å². The van der Waals surface area contributed by atoms with E-state index in [9.17, 15) is 9.59 Å². The van der Waals surface area contributed by atoms with Gasteiger partial charge in [0.1, 0.15) is 6.04 Å². The van der Waals surface area contributed by atoms with E-state index < -0.39 is 0 Å². The maximum absolute atomic E-state index is 12.8. The Morgan fingerprint density at radius 3 is 2.70 bits per heavy atom. The average Bonchev–Trinajstić information content (AvgIpc) is 2.93. The molecule has 112 valence electrons. The summed E-state index contributed by atoms with van der Waals surface area (Å²) >= 11 is 0. The van der Waals surface area contributed by atoms with Crippen molar-refractivity contribution in [3.8, 4) is 0 Å². The summed E-state index contributed by atoms with van der Waals surface area (Å²) in [6, 6.07) is 0.238. The molecule has 2 aliphatic heterocycles. The van der Waals surface area contributed by atoms with Crippen LogP contribution < -0.4 is 0 Å². The predicted molar refractivity (Wildman–Crippen MR) is 77.1 cm³/mol. The minimum absolute atomic E-state index is 0.146. The summed E-state index contributed by atoms with van der Waals surface area (Å²) in [6.45, 7) is 3.68. The Kier molecular flexibility index (Phi) is 3.99. The molecule has 3 rings (SSSR count). The van der Waals surface area contributed by atoms with Crippen LogP contribution >= 0.6 is 0 Å². The SMILES string of the molecule is CCC1CCCC(N2CCC(=O)N3CCCC3C2=O)C1. The van der Waals surface area contributed by atoms with Gasteiger partial charge in [0.2, 0.25) is 11.8 Å². The topological polar surface area (TPSA) is 40.6 Å². The molecule has 0 aromatic heterocycles. The summed E-state index contributed by atoms with van der Waals surface area (Å²) in [7, 11) is 0. The van der Waals surface area contributed by atoms with Gasteiger partial charge in [-0.1, -0.05) is 26.2 Å². The average molecular weight is 278 g/mol. The zero-order valence-electron chi connectivity index (χ0n) is 12.5. The predicted octanol–water partition coefficient (Wildman–Crippen LogP) is 2.18. The van der Waals surface area contributed by atoms with Gasteiger partial charge >= 0.3 is 0 Å². The molecule has 0 aromatic rings. The number of carbonyl (C=O) groups is 2. The minimum atomic E-state index is -0.146. The van der Waals surface area contributed by atoms with Crippen molar-refractivity contribution in [2.24, 2.45) is 5.92 Å². The molecule has 0 aromatic carbocycles. The van der Waals surface area contributed by atoms with Gasteiger partial charge in [-0.05, 0) is 31.6 Å². The van der Waals surface area contributed by atoms with Crippen molar-refractivity contribution in [1.82, 2.24) is 9.80 Å². The van der Waals surface area contributed by atoms with Crippen molar-refractivity contribution in [2.75, 3.05) is 13.1 Å². The summed E-state index contributed by atoms with van der Waals surface area (Å²) in [5.74, 6) is 1.18. The molecule has 0 radical (unpaired) electrons. The van der Waals surface area contributed by atoms with Gasteiger partial charge in [-0.3, -0.25) is 9.59 Å². The highest BCUT2D eigenvalue weighted by atomic mass is 16.2. The molecule has 0 spiro atoms. The Labute approximate surface area is 121 Å². The second-order valence-corrected chi connectivity index (χ2v) is 6.62. The van der Waals surface area contributed by atoms with Crippen LogP contribution in [0.15, 0.2) is 0 Å². The van der Waals surface area contributed by atoms with E-state index in [1.807, 2.05) is 4.90 Å². The molecule has 0 N–H and O–H groups in total. The number of carbonyl (C=O) groups excluding carboxylic acids is 2. The molecule has 3 aliphatic rings. The van der Waals surface area contributed by atoms with E-state index in [1.165, 1.54) is 19.3 Å². The maximum atomic E-state index is 12.8. The molecule has 2 heterocycles. The second-order valence-electron chi connectivity index (χ2n) is 6.62. The first-order chi connectivity index (χ1) is 9.70. The number of rotatable bonds is 2. The van der Waals surface area contributed by atoms with E-state index >= 15 is 0 Å². The fraction of sp³-hybridized carbons (Fsp3) is 0.875. The molecule has 20 heavy (non-hydrogen) atoms. The summed E-state index contributed by atoms with van der Waals surface area (Å²) in [4.78, 5) is 28.8. The summed E-state index contributed by atoms with van der Waals surface area (Å²) in [5, 5.41) is 0. The summed E-state index contributed by atoms with van der Waals surface area (Å²) in [5.41, 5.74) is 0. The van der Waals surface area contributed by atoms with E-state index in [2.05, 4.69) is 11.8 Å². The fourth-order valence-electron chi connectivity index (χ4n) is 4.26. The standard InChI is InChI=1S/C16H26N2O2/c1-2-12-5-3-6-13(11-12)17-10-8-15(19)18-9-4-7-14(18)16(17)20/h12-14H,2-11H2,1H3. The molecule has 3 unspecified atom stereocenters. The minimum Gasteiger partial charge on any atom is -0.337 e. The van der Waals surface area contributed by atoms with Gasteiger partial charge in [0.05, 0.1) is 0 Å². The van der Waals surface area contributed by atoms with Crippen molar-refractivity contribution in [3.63, 3.8) is 0 Å². The Morgan fingerprint density at radius 1 is 1.05 bits per heavy atom.